The Hall–Kier alpha value is -0.120. The van der Waals surface area contributed by atoms with Crippen LogP contribution in [0.4, 0.5) is 0 Å². The molecular formula is C15H31N3. The molecule has 2 fully saturated rings. The molecular weight excluding hydrogens is 222 g/mol. The summed E-state index contributed by atoms with van der Waals surface area (Å²) >= 11 is 0. The van der Waals surface area contributed by atoms with Crippen LogP contribution in [0.3, 0.4) is 0 Å². The molecule has 0 saturated carbocycles. The van der Waals surface area contributed by atoms with Crippen LogP contribution in [-0.4, -0.2) is 73.6 Å². The fraction of sp³-hybridized carbons (Fsp3) is 1.00. The van der Waals surface area contributed by atoms with Crippen LogP contribution in [0.15, 0.2) is 0 Å². The van der Waals surface area contributed by atoms with Crippen molar-refractivity contribution in [2.75, 3.05) is 52.9 Å². The number of nitrogens with zero attached hydrogens (tertiary/aromatic N) is 3. The van der Waals surface area contributed by atoms with Crippen LogP contribution in [0.1, 0.15) is 33.1 Å². The summed E-state index contributed by atoms with van der Waals surface area (Å²) in [7, 11) is 2.24. The molecule has 2 aliphatic rings. The van der Waals surface area contributed by atoms with Crippen LogP contribution in [0.5, 0.6) is 0 Å². The van der Waals surface area contributed by atoms with Gasteiger partial charge >= 0.3 is 0 Å². The number of likely N-dealkylation sites (N-methyl/N-ethyl adjacent to an activating group) is 1. The zero-order chi connectivity index (χ0) is 13.0. The van der Waals surface area contributed by atoms with Crippen molar-refractivity contribution in [1.29, 1.82) is 0 Å². The van der Waals surface area contributed by atoms with Gasteiger partial charge in [-0.05, 0) is 38.9 Å². The quantitative estimate of drug-likeness (QED) is 0.756. The van der Waals surface area contributed by atoms with E-state index < -0.39 is 0 Å². The van der Waals surface area contributed by atoms with Crippen molar-refractivity contribution in [3.8, 4) is 0 Å². The van der Waals surface area contributed by atoms with Crippen molar-refractivity contribution < 1.29 is 0 Å². The predicted octanol–water partition coefficient (Wildman–Crippen LogP) is 1.74. The molecule has 0 aliphatic carbocycles. The van der Waals surface area contributed by atoms with Crippen LogP contribution in [-0.2, 0) is 0 Å². The number of likely N-dealkylation sites (tertiary alicyclic amines) is 1. The number of piperidine rings is 1. The van der Waals surface area contributed by atoms with E-state index in [1.807, 2.05) is 0 Å². The Balaban J connectivity index is 1.70. The fourth-order valence-corrected chi connectivity index (χ4v) is 3.22. The van der Waals surface area contributed by atoms with Crippen molar-refractivity contribution >= 4 is 0 Å². The fourth-order valence-electron chi connectivity index (χ4n) is 3.22. The van der Waals surface area contributed by atoms with Crippen LogP contribution in [0, 0.1) is 5.92 Å². The molecule has 18 heavy (non-hydrogen) atoms. The largest absolute Gasteiger partial charge is 0.304 e. The van der Waals surface area contributed by atoms with Crippen molar-refractivity contribution in [3.63, 3.8) is 0 Å². The second-order valence-corrected chi connectivity index (χ2v) is 6.38. The van der Waals surface area contributed by atoms with E-state index in [0.29, 0.717) is 0 Å². The van der Waals surface area contributed by atoms with E-state index in [1.54, 1.807) is 0 Å². The van der Waals surface area contributed by atoms with Crippen LogP contribution in [0.2, 0.25) is 0 Å². The van der Waals surface area contributed by atoms with E-state index in [9.17, 15) is 0 Å². The summed E-state index contributed by atoms with van der Waals surface area (Å²) in [4.78, 5) is 7.87. The molecule has 2 rings (SSSR count). The van der Waals surface area contributed by atoms with Crippen LogP contribution in [0.25, 0.3) is 0 Å². The minimum atomic E-state index is 0.866. The molecule has 0 spiro atoms. The lowest BCUT2D eigenvalue weighted by molar-refractivity contribution is 0.0638. The summed E-state index contributed by atoms with van der Waals surface area (Å²) in [6, 6.07) is 0.867. The first kappa shape index (κ1) is 14.3. The standard InChI is InChI=1S/C15H31N3/c1-4-14(2)13-17-7-5-15(6-8-17)18-11-9-16(3)10-12-18/h14-15H,4-13H2,1-3H3. The second kappa shape index (κ2) is 6.88. The molecule has 0 aromatic rings. The zero-order valence-corrected chi connectivity index (χ0v) is 12.6. The summed E-state index contributed by atoms with van der Waals surface area (Å²) in [5, 5.41) is 0. The third-order valence-electron chi connectivity index (χ3n) is 4.88. The van der Waals surface area contributed by atoms with Crippen molar-refractivity contribution in [3.05, 3.63) is 0 Å². The van der Waals surface area contributed by atoms with Crippen molar-refractivity contribution in [1.82, 2.24) is 14.7 Å². The monoisotopic (exact) mass is 253 g/mol. The van der Waals surface area contributed by atoms with Gasteiger partial charge in [-0.2, -0.15) is 0 Å². The first-order chi connectivity index (χ1) is 8.69. The van der Waals surface area contributed by atoms with Gasteiger partial charge in [-0.1, -0.05) is 20.3 Å². The number of hydrogen-bond donors (Lipinski definition) is 0. The Morgan fingerprint density at radius 2 is 1.61 bits per heavy atom. The summed E-state index contributed by atoms with van der Waals surface area (Å²) in [5.74, 6) is 0.866. The molecule has 106 valence electrons. The lowest BCUT2D eigenvalue weighted by Crippen LogP contribution is -2.52. The SMILES string of the molecule is CCC(C)CN1CCC(N2CCN(C)CC2)CC1. The third-order valence-corrected chi connectivity index (χ3v) is 4.88. The normalized spacial score (nSPS) is 27.5. The van der Waals surface area contributed by atoms with E-state index in [-0.39, 0.29) is 0 Å². The maximum atomic E-state index is 2.74. The molecule has 0 aromatic heterocycles. The molecule has 2 aliphatic heterocycles. The first-order valence-corrected chi connectivity index (χ1v) is 7.84. The molecule has 2 heterocycles. The molecule has 3 nitrogen and oxygen atoms in total. The third kappa shape index (κ3) is 3.94. The van der Waals surface area contributed by atoms with Gasteiger partial charge < -0.3 is 9.80 Å². The topological polar surface area (TPSA) is 9.72 Å². The highest BCUT2D eigenvalue weighted by molar-refractivity contribution is 4.83. The maximum Gasteiger partial charge on any atom is 0.0121 e. The van der Waals surface area contributed by atoms with Crippen molar-refractivity contribution in [2.24, 2.45) is 5.92 Å². The molecule has 0 N–H and O–H groups in total. The highest BCUT2D eigenvalue weighted by Crippen LogP contribution is 2.19. The minimum absolute atomic E-state index is 0.866. The Kier molecular flexibility index (Phi) is 5.46. The average Bonchev–Trinajstić information content (AvgIpc) is 2.40. The van der Waals surface area contributed by atoms with Gasteiger partial charge in [-0.3, -0.25) is 4.90 Å². The lowest BCUT2D eigenvalue weighted by atomic mass is 10.0. The number of piperazine rings is 1. The minimum Gasteiger partial charge on any atom is -0.304 e. The van der Waals surface area contributed by atoms with E-state index in [4.69, 9.17) is 0 Å². The summed E-state index contributed by atoms with van der Waals surface area (Å²) < 4.78 is 0. The highest BCUT2D eigenvalue weighted by atomic mass is 15.3. The summed E-state index contributed by atoms with van der Waals surface area (Å²) in [6.07, 6.45) is 4.10. The van der Waals surface area contributed by atoms with Gasteiger partial charge in [0.15, 0.2) is 0 Å². The highest BCUT2D eigenvalue weighted by Gasteiger charge is 2.26. The predicted molar refractivity (Wildman–Crippen MR) is 78.0 cm³/mol. The van der Waals surface area contributed by atoms with E-state index in [0.717, 1.165) is 12.0 Å². The molecule has 3 heteroatoms. The maximum absolute atomic E-state index is 2.74. The zero-order valence-electron chi connectivity index (χ0n) is 12.6. The van der Waals surface area contributed by atoms with Gasteiger partial charge in [0.1, 0.15) is 0 Å². The molecule has 0 amide bonds. The Bertz CT molecular complexity index is 228. The van der Waals surface area contributed by atoms with E-state index in [2.05, 4.69) is 35.6 Å². The van der Waals surface area contributed by atoms with Crippen molar-refractivity contribution in [2.45, 2.75) is 39.2 Å². The Morgan fingerprint density at radius 1 is 1.00 bits per heavy atom. The van der Waals surface area contributed by atoms with E-state index >= 15 is 0 Å². The van der Waals surface area contributed by atoms with Gasteiger partial charge in [0.25, 0.3) is 0 Å². The van der Waals surface area contributed by atoms with Gasteiger partial charge in [0.05, 0.1) is 0 Å². The number of rotatable bonds is 4. The first-order valence-electron chi connectivity index (χ1n) is 7.84. The smallest absolute Gasteiger partial charge is 0.0121 e. The van der Waals surface area contributed by atoms with E-state index in [1.165, 1.54) is 65.1 Å². The lowest BCUT2D eigenvalue weighted by Gasteiger charge is -2.42. The Morgan fingerprint density at radius 3 is 2.17 bits per heavy atom. The average molecular weight is 253 g/mol. The molecule has 2 saturated heterocycles. The van der Waals surface area contributed by atoms with Crippen LogP contribution >= 0.6 is 0 Å². The van der Waals surface area contributed by atoms with Gasteiger partial charge in [-0.25, -0.2) is 0 Å². The summed E-state index contributed by atoms with van der Waals surface area (Å²) in [5.41, 5.74) is 0. The molecule has 1 unspecified atom stereocenters. The second-order valence-electron chi connectivity index (χ2n) is 6.38. The Labute approximate surface area is 113 Å². The van der Waals surface area contributed by atoms with Gasteiger partial charge in [0, 0.05) is 38.8 Å². The molecule has 0 bridgehead atoms. The molecule has 0 radical (unpaired) electrons. The summed E-state index contributed by atoms with van der Waals surface area (Å²) in [6.45, 7) is 13.7. The number of hydrogen-bond acceptors (Lipinski definition) is 3. The van der Waals surface area contributed by atoms with Gasteiger partial charge in [-0.15, -0.1) is 0 Å². The van der Waals surface area contributed by atoms with Gasteiger partial charge in [0.2, 0.25) is 0 Å². The molecule has 0 aromatic carbocycles. The molecule has 1 atom stereocenters. The van der Waals surface area contributed by atoms with Crippen LogP contribution < -0.4 is 0 Å².